The molecule has 0 spiro atoms. The van der Waals surface area contributed by atoms with Crippen molar-refractivity contribution in [1.29, 1.82) is 0 Å². The standard InChI is InChI=1S/C20H21N3O2S/c1-11-6-5-7-13(10-11)18-22-19-16(14-8-3-4-9-15(14)26-19)20(25)23(18)12(2)17(21)24/h5-7,10,12H,3-4,8-9H2,1-2H3,(H2,21,24). The summed E-state index contributed by atoms with van der Waals surface area (Å²) < 4.78 is 1.47. The van der Waals surface area contributed by atoms with Crippen LogP contribution in [-0.4, -0.2) is 15.5 Å². The van der Waals surface area contributed by atoms with Crippen LogP contribution < -0.4 is 11.3 Å². The first-order valence-electron chi connectivity index (χ1n) is 8.90. The van der Waals surface area contributed by atoms with Gasteiger partial charge >= 0.3 is 0 Å². The molecule has 1 unspecified atom stereocenters. The molecule has 1 aliphatic carbocycles. The molecule has 2 aromatic heterocycles. The molecular weight excluding hydrogens is 346 g/mol. The number of nitrogens with zero attached hydrogens (tertiary/aromatic N) is 2. The lowest BCUT2D eigenvalue weighted by molar-refractivity contribution is -0.120. The minimum absolute atomic E-state index is 0.155. The van der Waals surface area contributed by atoms with Gasteiger partial charge in [0.25, 0.3) is 5.56 Å². The average molecular weight is 367 g/mol. The van der Waals surface area contributed by atoms with E-state index < -0.39 is 11.9 Å². The summed E-state index contributed by atoms with van der Waals surface area (Å²) in [4.78, 5) is 32.2. The van der Waals surface area contributed by atoms with Crippen LogP contribution in [0.15, 0.2) is 29.1 Å². The topological polar surface area (TPSA) is 78.0 Å². The Bertz CT molecular complexity index is 1080. The van der Waals surface area contributed by atoms with Gasteiger partial charge in [-0.2, -0.15) is 0 Å². The molecule has 0 aliphatic heterocycles. The summed E-state index contributed by atoms with van der Waals surface area (Å²) in [6.45, 7) is 3.65. The van der Waals surface area contributed by atoms with Gasteiger partial charge in [0.05, 0.1) is 5.39 Å². The Morgan fingerprint density at radius 1 is 1.31 bits per heavy atom. The monoisotopic (exact) mass is 367 g/mol. The van der Waals surface area contributed by atoms with Crippen molar-refractivity contribution in [3.8, 4) is 11.4 Å². The van der Waals surface area contributed by atoms with Crippen LogP contribution in [-0.2, 0) is 17.6 Å². The maximum absolute atomic E-state index is 13.4. The molecule has 0 radical (unpaired) electrons. The maximum atomic E-state index is 13.4. The Hall–Kier alpha value is -2.47. The van der Waals surface area contributed by atoms with E-state index in [1.54, 1.807) is 18.3 Å². The van der Waals surface area contributed by atoms with Crippen molar-refractivity contribution in [2.24, 2.45) is 5.73 Å². The fourth-order valence-corrected chi connectivity index (χ4v) is 4.94. The number of hydrogen-bond donors (Lipinski definition) is 1. The third-order valence-corrected chi connectivity index (χ3v) is 6.28. The second-order valence-electron chi connectivity index (χ2n) is 6.95. The van der Waals surface area contributed by atoms with Crippen molar-refractivity contribution in [1.82, 2.24) is 9.55 Å². The number of primary amides is 1. The van der Waals surface area contributed by atoms with Gasteiger partial charge in [-0.1, -0.05) is 23.8 Å². The fourth-order valence-electron chi connectivity index (χ4n) is 3.69. The van der Waals surface area contributed by atoms with E-state index in [9.17, 15) is 9.59 Å². The van der Waals surface area contributed by atoms with Crippen LogP contribution in [0.4, 0.5) is 0 Å². The van der Waals surface area contributed by atoms with Crippen LogP contribution in [0.3, 0.4) is 0 Å². The zero-order valence-electron chi connectivity index (χ0n) is 14.9. The van der Waals surface area contributed by atoms with Gasteiger partial charge in [-0.05, 0) is 51.2 Å². The lowest BCUT2D eigenvalue weighted by Gasteiger charge is -2.17. The molecule has 2 heterocycles. The van der Waals surface area contributed by atoms with Crippen molar-refractivity contribution >= 4 is 27.5 Å². The van der Waals surface area contributed by atoms with Crippen LogP contribution in [0, 0.1) is 6.92 Å². The highest BCUT2D eigenvalue weighted by molar-refractivity contribution is 7.18. The lowest BCUT2D eigenvalue weighted by atomic mass is 9.97. The fraction of sp³-hybridized carbons (Fsp3) is 0.350. The highest BCUT2D eigenvalue weighted by Crippen LogP contribution is 2.35. The molecule has 3 aromatic rings. The molecule has 0 fully saturated rings. The molecule has 1 aliphatic rings. The Morgan fingerprint density at radius 3 is 2.81 bits per heavy atom. The van der Waals surface area contributed by atoms with Gasteiger partial charge in [0, 0.05) is 10.4 Å². The second-order valence-corrected chi connectivity index (χ2v) is 8.03. The molecular formula is C20H21N3O2S. The predicted molar refractivity (Wildman–Crippen MR) is 105 cm³/mol. The van der Waals surface area contributed by atoms with Crippen LogP contribution in [0.25, 0.3) is 21.6 Å². The smallest absolute Gasteiger partial charge is 0.263 e. The molecule has 0 saturated heterocycles. The quantitative estimate of drug-likeness (QED) is 0.771. The number of carbonyl (C=O) groups is 1. The summed E-state index contributed by atoms with van der Waals surface area (Å²) in [7, 11) is 0. The number of benzene rings is 1. The molecule has 2 N–H and O–H groups in total. The summed E-state index contributed by atoms with van der Waals surface area (Å²) >= 11 is 1.62. The molecule has 1 aromatic carbocycles. The largest absolute Gasteiger partial charge is 0.368 e. The second kappa shape index (κ2) is 6.36. The van der Waals surface area contributed by atoms with E-state index in [1.165, 1.54) is 9.44 Å². The highest BCUT2D eigenvalue weighted by Gasteiger charge is 2.25. The average Bonchev–Trinajstić information content (AvgIpc) is 2.99. The minimum atomic E-state index is -0.756. The van der Waals surface area contributed by atoms with E-state index in [0.29, 0.717) is 11.2 Å². The number of aromatic nitrogens is 2. The first-order chi connectivity index (χ1) is 12.5. The van der Waals surface area contributed by atoms with Gasteiger partial charge in [0.1, 0.15) is 16.7 Å². The molecule has 0 bridgehead atoms. The first-order valence-corrected chi connectivity index (χ1v) is 9.72. The number of nitrogens with two attached hydrogens (primary N) is 1. The molecule has 6 heteroatoms. The zero-order valence-corrected chi connectivity index (χ0v) is 15.7. The van der Waals surface area contributed by atoms with Gasteiger partial charge in [-0.25, -0.2) is 4.98 Å². The number of carbonyl (C=O) groups excluding carboxylic acids is 1. The number of amides is 1. The van der Waals surface area contributed by atoms with Crippen molar-refractivity contribution in [3.05, 3.63) is 50.6 Å². The Labute approximate surface area is 155 Å². The summed E-state index contributed by atoms with van der Waals surface area (Å²) in [5, 5.41) is 0.675. The zero-order chi connectivity index (χ0) is 18.4. The van der Waals surface area contributed by atoms with Crippen molar-refractivity contribution in [2.75, 3.05) is 0 Å². The van der Waals surface area contributed by atoms with Crippen molar-refractivity contribution in [3.63, 3.8) is 0 Å². The number of fused-ring (bicyclic) bond motifs is 3. The molecule has 1 amide bonds. The predicted octanol–water partition coefficient (Wildman–Crippen LogP) is 3.36. The van der Waals surface area contributed by atoms with E-state index in [0.717, 1.165) is 47.2 Å². The van der Waals surface area contributed by atoms with Crippen LogP contribution in [0.1, 0.15) is 41.8 Å². The summed E-state index contributed by atoms with van der Waals surface area (Å²) in [5.41, 5.74) is 8.40. The van der Waals surface area contributed by atoms with Gasteiger partial charge in [0.15, 0.2) is 0 Å². The third-order valence-electron chi connectivity index (χ3n) is 5.10. The van der Waals surface area contributed by atoms with Gasteiger partial charge in [-0.15, -0.1) is 11.3 Å². The number of aryl methyl sites for hydroxylation is 3. The van der Waals surface area contributed by atoms with Gasteiger partial charge in [-0.3, -0.25) is 14.2 Å². The SMILES string of the molecule is Cc1cccc(-c2nc3sc4c(c3c(=O)n2C(C)C(N)=O)CCCC4)c1. The van der Waals surface area contributed by atoms with E-state index in [2.05, 4.69) is 0 Å². The Balaban J connectivity index is 2.08. The van der Waals surface area contributed by atoms with Gasteiger partial charge in [0.2, 0.25) is 5.91 Å². The van der Waals surface area contributed by atoms with Crippen molar-refractivity contribution in [2.45, 2.75) is 45.6 Å². The Kier molecular flexibility index (Phi) is 4.15. The number of rotatable bonds is 3. The molecule has 4 rings (SSSR count). The van der Waals surface area contributed by atoms with Crippen molar-refractivity contribution < 1.29 is 4.79 Å². The highest BCUT2D eigenvalue weighted by atomic mass is 32.1. The molecule has 26 heavy (non-hydrogen) atoms. The minimum Gasteiger partial charge on any atom is -0.368 e. The molecule has 5 nitrogen and oxygen atoms in total. The summed E-state index contributed by atoms with van der Waals surface area (Å²) in [6.07, 6.45) is 4.14. The van der Waals surface area contributed by atoms with E-state index in [1.807, 2.05) is 31.2 Å². The molecule has 0 saturated carbocycles. The lowest BCUT2D eigenvalue weighted by Crippen LogP contribution is -2.34. The molecule has 1 atom stereocenters. The normalized spacial score (nSPS) is 15.0. The molecule has 134 valence electrons. The third kappa shape index (κ3) is 2.65. The van der Waals surface area contributed by atoms with Gasteiger partial charge < -0.3 is 5.73 Å². The van der Waals surface area contributed by atoms with Crippen LogP contribution >= 0.6 is 11.3 Å². The number of thiophene rings is 1. The summed E-state index contributed by atoms with van der Waals surface area (Å²) in [5.74, 6) is -0.0256. The van der Waals surface area contributed by atoms with E-state index in [-0.39, 0.29) is 5.56 Å². The van der Waals surface area contributed by atoms with E-state index >= 15 is 0 Å². The van der Waals surface area contributed by atoms with E-state index in [4.69, 9.17) is 10.7 Å². The Morgan fingerprint density at radius 2 is 2.08 bits per heavy atom. The first kappa shape index (κ1) is 17.0. The summed E-state index contributed by atoms with van der Waals surface area (Å²) in [6, 6.07) is 7.06. The van der Waals surface area contributed by atoms with Crippen LogP contribution in [0.2, 0.25) is 0 Å². The maximum Gasteiger partial charge on any atom is 0.263 e. The van der Waals surface area contributed by atoms with Crippen LogP contribution in [0.5, 0.6) is 0 Å². The number of hydrogen-bond acceptors (Lipinski definition) is 4.